The Morgan fingerprint density at radius 3 is 2.66 bits per heavy atom. The van der Waals surface area contributed by atoms with Gasteiger partial charge in [-0.15, -0.1) is 0 Å². The average molecular weight is 429 g/mol. The minimum atomic E-state index is -0.532. The van der Waals surface area contributed by atoms with Crippen LogP contribution in [0.15, 0.2) is 72.8 Å². The monoisotopic (exact) mass is 428 g/mol. The first-order valence-electron chi connectivity index (χ1n) is 11.5. The Hall–Kier alpha value is -3.11. The van der Waals surface area contributed by atoms with Crippen LogP contribution >= 0.6 is 0 Å². The summed E-state index contributed by atoms with van der Waals surface area (Å²) >= 11 is 0. The van der Waals surface area contributed by atoms with Crippen LogP contribution in [0.1, 0.15) is 47.7 Å². The molecule has 1 aliphatic rings. The number of hydrogen-bond donors (Lipinski definition) is 1. The molecule has 1 N–H and O–H groups in total. The van der Waals surface area contributed by atoms with Crippen LogP contribution in [0.5, 0.6) is 5.75 Å². The van der Waals surface area contributed by atoms with Crippen LogP contribution in [0.3, 0.4) is 0 Å². The molecular weight excluding hydrogens is 396 g/mol. The molecule has 0 saturated heterocycles. The normalized spacial score (nSPS) is 16.8. The summed E-state index contributed by atoms with van der Waals surface area (Å²) in [5, 5.41) is 2.83. The third kappa shape index (κ3) is 5.03. The molecule has 3 aromatic rings. The largest absolute Gasteiger partial charge is 0.481 e. The Labute approximate surface area is 191 Å². The lowest BCUT2D eigenvalue weighted by molar-refractivity contribution is -0.127. The van der Waals surface area contributed by atoms with Crippen LogP contribution in [0, 0.1) is 6.92 Å². The number of rotatable bonds is 7. The van der Waals surface area contributed by atoms with Gasteiger partial charge in [-0.2, -0.15) is 0 Å². The molecule has 0 spiro atoms. The van der Waals surface area contributed by atoms with E-state index in [-0.39, 0.29) is 11.9 Å². The van der Waals surface area contributed by atoms with E-state index in [4.69, 9.17) is 4.74 Å². The summed E-state index contributed by atoms with van der Waals surface area (Å²) in [4.78, 5) is 14.7. The van der Waals surface area contributed by atoms with Crippen molar-refractivity contribution in [2.24, 2.45) is 0 Å². The van der Waals surface area contributed by atoms with Gasteiger partial charge in [0.15, 0.2) is 6.10 Å². The molecule has 1 heterocycles. The second kappa shape index (κ2) is 10.0. The maximum absolute atomic E-state index is 12.2. The molecule has 0 aromatic heterocycles. The molecule has 0 fully saturated rings. The highest BCUT2D eigenvalue weighted by atomic mass is 16.5. The molecule has 2 atom stereocenters. The van der Waals surface area contributed by atoms with Crippen LogP contribution in [0.2, 0.25) is 0 Å². The first kappa shape index (κ1) is 22.1. The second-order valence-electron chi connectivity index (χ2n) is 8.54. The number of hydrogen-bond acceptors (Lipinski definition) is 3. The second-order valence-corrected chi connectivity index (χ2v) is 8.54. The highest BCUT2D eigenvalue weighted by Crippen LogP contribution is 2.38. The Morgan fingerprint density at radius 1 is 1.09 bits per heavy atom. The van der Waals surface area contributed by atoms with Crippen molar-refractivity contribution in [3.8, 4) is 5.75 Å². The van der Waals surface area contributed by atoms with Crippen LogP contribution in [-0.4, -0.2) is 30.0 Å². The molecule has 0 bridgehead atoms. The smallest absolute Gasteiger partial charge is 0.260 e. The Balaban J connectivity index is 1.67. The van der Waals surface area contributed by atoms with Crippen molar-refractivity contribution in [1.29, 1.82) is 0 Å². The summed E-state index contributed by atoms with van der Waals surface area (Å²) in [6.07, 6.45) is 0.464. The molecule has 4 nitrogen and oxygen atoms in total. The maximum Gasteiger partial charge on any atom is 0.260 e. The van der Waals surface area contributed by atoms with Gasteiger partial charge in [0.1, 0.15) is 5.75 Å². The number of nitrogens with zero attached hydrogens (tertiary/aromatic N) is 1. The summed E-state index contributed by atoms with van der Waals surface area (Å²) in [5.41, 5.74) is 6.49. The van der Waals surface area contributed by atoms with Crippen molar-refractivity contribution in [1.82, 2.24) is 10.2 Å². The zero-order valence-corrected chi connectivity index (χ0v) is 19.2. The van der Waals surface area contributed by atoms with Crippen molar-refractivity contribution < 1.29 is 9.53 Å². The summed E-state index contributed by atoms with van der Waals surface area (Å²) in [6, 6.07) is 25.9. The van der Waals surface area contributed by atoms with E-state index in [1.165, 1.54) is 27.8 Å². The number of fused-ring (bicyclic) bond motifs is 1. The van der Waals surface area contributed by atoms with Gasteiger partial charge in [0, 0.05) is 19.6 Å². The molecule has 0 aliphatic carbocycles. The topological polar surface area (TPSA) is 41.6 Å². The zero-order valence-electron chi connectivity index (χ0n) is 19.2. The van der Waals surface area contributed by atoms with E-state index in [2.05, 4.69) is 83.9 Å². The molecule has 0 radical (unpaired) electrons. The van der Waals surface area contributed by atoms with Crippen molar-refractivity contribution in [3.63, 3.8) is 0 Å². The van der Waals surface area contributed by atoms with E-state index < -0.39 is 6.10 Å². The molecule has 32 heavy (non-hydrogen) atoms. The number of likely N-dealkylation sites (N-methyl/N-ethyl adjacent to an activating group) is 1. The number of nitrogens with one attached hydrogen (secondary N) is 1. The number of carbonyl (C=O) groups is 1. The number of amides is 1. The van der Waals surface area contributed by atoms with Crippen LogP contribution < -0.4 is 10.1 Å². The van der Waals surface area contributed by atoms with E-state index in [1.807, 2.05) is 13.0 Å². The summed E-state index contributed by atoms with van der Waals surface area (Å²) < 4.78 is 6.02. The molecule has 3 aromatic carbocycles. The molecule has 0 saturated carbocycles. The first-order chi connectivity index (χ1) is 15.5. The molecule has 1 amide bonds. The van der Waals surface area contributed by atoms with Crippen molar-refractivity contribution in [2.45, 2.75) is 45.9 Å². The fraction of sp³-hybridized carbons (Fsp3) is 0.321. The van der Waals surface area contributed by atoms with Gasteiger partial charge < -0.3 is 10.1 Å². The maximum atomic E-state index is 12.2. The SMILES string of the molecule is CCNC(=O)[C@H](C)Oc1ccc2c(c1)[C@@H](c1ccccc1)N(Cc1cccc(C)c1)CC2. The Morgan fingerprint density at radius 2 is 1.91 bits per heavy atom. The van der Waals surface area contributed by atoms with E-state index in [9.17, 15) is 4.79 Å². The Kier molecular flexibility index (Phi) is 6.91. The van der Waals surface area contributed by atoms with Crippen LogP contribution in [-0.2, 0) is 17.8 Å². The van der Waals surface area contributed by atoms with Gasteiger partial charge in [0.2, 0.25) is 0 Å². The Bertz CT molecular complexity index is 1060. The third-order valence-corrected chi connectivity index (χ3v) is 6.06. The van der Waals surface area contributed by atoms with Crippen LogP contribution in [0.4, 0.5) is 0 Å². The fourth-order valence-electron chi connectivity index (χ4n) is 4.54. The van der Waals surface area contributed by atoms with Crippen molar-refractivity contribution in [2.75, 3.05) is 13.1 Å². The average Bonchev–Trinajstić information content (AvgIpc) is 2.79. The van der Waals surface area contributed by atoms with Crippen LogP contribution in [0.25, 0.3) is 0 Å². The van der Waals surface area contributed by atoms with Gasteiger partial charge >= 0.3 is 0 Å². The number of carbonyl (C=O) groups excluding carboxylic acids is 1. The van der Waals surface area contributed by atoms with E-state index >= 15 is 0 Å². The summed E-state index contributed by atoms with van der Waals surface area (Å²) in [6.45, 7) is 8.33. The molecular formula is C28H32N2O2. The predicted molar refractivity (Wildman–Crippen MR) is 129 cm³/mol. The molecule has 166 valence electrons. The number of benzene rings is 3. The predicted octanol–water partition coefficient (Wildman–Crippen LogP) is 5.05. The van der Waals surface area contributed by atoms with Gasteiger partial charge in [0.05, 0.1) is 6.04 Å². The minimum Gasteiger partial charge on any atom is -0.481 e. The minimum absolute atomic E-state index is 0.0918. The lowest BCUT2D eigenvalue weighted by Crippen LogP contribution is -2.37. The summed E-state index contributed by atoms with van der Waals surface area (Å²) in [5.74, 6) is 0.645. The molecule has 0 unspecified atom stereocenters. The third-order valence-electron chi connectivity index (χ3n) is 6.06. The quantitative estimate of drug-likeness (QED) is 0.573. The van der Waals surface area contributed by atoms with Crippen molar-refractivity contribution in [3.05, 3.63) is 101 Å². The van der Waals surface area contributed by atoms with Crippen molar-refractivity contribution >= 4 is 5.91 Å². The zero-order chi connectivity index (χ0) is 22.5. The first-order valence-corrected chi connectivity index (χ1v) is 11.5. The van der Waals surface area contributed by atoms with Gasteiger partial charge in [-0.05, 0) is 61.6 Å². The van der Waals surface area contributed by atoms with Gasteiger partial charge in [-0.1, -0.05) is 66.2 Å². The highest BCUT2D eigenvalue weighted by Gasteiger charge is 2.29. The van der Waals surface area contributed by atoms with E-state index in [0.29, 0.717) is 6.54 Å². The van der Waals surface area contributed by atoms with Gasteiger partial charge in [-0.25, -0.2) is 0 Å². The molecule has 1 aliphatic heterocycles. The lowest BCUT2D eigenvalue weighted by atomic mass is 9.87. The van der Waals surface area contributed by atoms with Gasteiger partial charge in [0.25, 0.3) is 5.91 Å². The molecule has 4 rings (SSSR count). The number of aryl methyl sites for hydroxylation is 1. The number of ether oxygens (including phenoxy) is 1. The summed E-state index contributed by atoms with van der Waals surface area (Å²) in [7, 11) is 0. The van der Waals surface area contributed by atoms with E-state index in [1.54, 1.807) is 6.92 Å². The standard InChI is InChI=1S/C28H32N2O2/c1-4-29-28(31)21(3)32-25-14-13-23-15-16-30(19-22-10-8-9-20(2)17-22)27(26(23)18-25)24-11-6-5-7-12-24/h5-14,17-18,21,27H,4,15-16,19H2,1-3H3,(H,29,31)/t21-,27+/m0/s1. The van der Waals surface area contributed by atoms with Gasteiger partial charge in [-0.3, -0.25) is 9.69 Å². The van der Waals surface area contributed by atoms with E-state index in [0.717, 1.165) is 25.3 Å². The lowest BCUT2D eigenvalue weighted by Gasteiger charge is -2.38. The molecule has 4 heteroatoms. The highest BCUT2D eigenvalue weighted by molar-refractivity contribution is 5.80. The fourth-order valence-corrected chi connectivity index (χ4v) is 4.54.